The number of rotatable bonds is 37. The first-order valence-corrected chi connectivity index (χ1v) is 21.1. The molecule has 0 saturated carbocycles. The predicted molar refractivity (Wildman–Crippen MR) is 221 cm³/mol. The molecule has 1 unspecified atom stereocenters. The van der Waals surface area contributed by atoms with Gasteiger partial charge in [0.25, 0.3) is 0 Å². The highest BCUT2D eigenvalue weighted by molar-refractivity contribution is 5.80. The molecule has 0 spiro atoms. The summed E-state index contributed by atoms with van der Waals surface area (Å²) in [5.74, 6) is -1.29. The van der Waals surface area contributed by atoms with Gasteiger partial charge in [0.1, 0.15) is 12.6 Å². The number of nitrogens with one attached hydrogen (secondary N) is 1. The molecular weight excluding hydrogens is 647 g/mol. The predicted octanol–water partition coefficient (Wildman–Crippen LogP) is 13.0. The Hall–Kier alpha value is -3.15. The zero-order valence-electron chi connectivity index (χ0n) is 33.4. The molecule has 0 rings (SSSR count). The highest BCUT2D eigenvalue weighted by Gasteiger charge is 2.14. The van der Waals surface area contributed by atoms with E-state index in [4.69, 9.17) is 9.84 Å². The number of carbonyl (C=O) groups excluding carboxylic acids is 2. The number of carbonyl (C=O) groups is 3. The van der Waals surface area contributed by atoms with Gasteiger partial charge in [-0.25, -0.2) is 0 Å². The molecule has 0 saturated heterocycles. The van der Waals surface area contributed by atoms with Crippen LogP contribution < -0.4 is 5.32 Å². The average molecular weight is 724 g/mol. The van der Waals surface area contributed by atoms with E-state index in [1.165, 1.54) is 38.5 Å². The van der Waals surface area contributed by atoms with Crippen LogP contribution in [0, 0.1) is 0 Å². The van der Waals surface area contributed by atoms with Crippen molar-refractivity contribution in [3.05, 3.63) is 72.9 Å². The summed E-state index contributed by atoms with van der Waals surface area (Å²) in [6.45, 7) is 4.09. The minimum Gasteiger partial charge on any atom is -0.480 e. The van der Waals surface area contributed by atoms with Crippen LogP contribution in [0.15, 0.2) is 72.9 Å². The van der Waals surface area contributed by atoms with E-state index in [-0.39, 0.29) is 24.5 Å². The molecular formula is C46H77NO5. The third-order valence-electron chi connectivity index (χ3n) is 8.86. The van der Waals surface area contributed by atoms with Crippen LogP contribution in [0.5, 0.6) is 0 Å². The number of ether oxygens (including phenoxy) is 1. The molecule has 6 nitrogen and oxygen atoms in total. The number of esters is 1. The number of carboxylic acid groups (broad SMARTS) is 1. The quantitative estimate of drug-likeness (QED) is 0.0378. The standard InChI is InChI=1S/C46H77NO5/c1-3-5-7-9-11-13-15-17-18-19-20-22-24-26-28-33-37-41-46(51)52-43(39-35-31-29-32-36-40-44(48)47-42-45(49)50)38-34-30-27-25-23-21-16-14-12-10-8-6-4-2/h5,7,11,13,16-18,20-22,25,27,43H,3-4,6,8-10,12,14-15,19,23-24,26,28-42H2,1-2H3,(H,47,48)(H,49,50)/b7-5-,13-11-,18-17-,21-16-,22-20-,27-25-. The Kier molecular flexibility index (Phi) is 38.2. The lowest BCUT2D eigenvalue weighted by Gasteiger charge is -2.18. The second kappa shape index (κ2) is 40.6. The molecule has 0 bridgehead atoms. The maximum Gasteiger partial charge on any atom is 0.322 e. The molecule has 0 heterocycles. The van der Waals surface area contributed by atoms with Crippen molar-refractivity contribution in [1.82, 2.24) is 5.32 Å². The second-order valence-electron chi connectivity index (χ2n) is 13.9. The number of unbranched alkanes of at least 4 members (excludes halogenated alkanes) is 14. The first-order valence-electron chi connectivity index (χ1n) is 21.1. The zero-order valence-corrected chi connectivity index (χ0v) is 33.4. The van der Waals surface area contributed by atoms with Gasteiger partial charge in [-0.05, 0) is 103 Å². The minimum absolute atomic E-state index is 0.0338. The summed E-state index contributed by atoms with van der Waals surface area (Å²) in [4.78, 5) is 35.0. The van der Waals surface area contributed by atoms with E-state index in [2.05, 4.69) is 92.1 Å². The highest BCUT2D eigenvalue weighted by Crippen LogP contribution is 2.17. The highest BCUT2D eigenvalue weighted by atomic mass is 16.5. The van der Waals surface area contributed by atoms with Crippen LogP contribution >= 0.6 is 0 Å². The maximum atomic E-state index is 12.7. The first-order chi connectivity index (χ1) is 25.5. The SMILES string of the molecule is CC/C=C\C/C=C\C/C=C\C/C=C\CCCCCCC(=O)OC(CCC/C=C\C/C=C\CCCCCCC)CCCCCCCC(=O)NCC(=O)O. The van der Waals surface area contributed by atoms with Gasteiger partial charge in [-0.1, -0.05) is 145 Å². The van der Waals surface area contributed by atoms with Crippen LogP contribution in [0.4, 0.5) is 0 Å². The normalized spacial score (nSPS) is 12.8. The fraction of sp³-hybridized carbons (Fsp3) is 0.674. The third-order valence-corrected chi connectivity index (χ3v) is 8.86. The van der Waals surface area contributed by atoms with E-state index in [1.54, 1.807) is 0 Å². The van der Waals surface area contributed by atoms with E-state index in [0.29, 0.717) is 12.8 Å². The Bertz CT molecular complexity index is 1020. The van der Waals surface area contributed by atoms with Crippen LogP contribution in [0.1, 0.15) is 187 Å². The van der Waals surface area contributed by atoms with Crippen molar-refractivity contribution in [1.29, 1.82) is 0 Å². The molecule has 0 radical (unpaired) electrons. The molecule has 0 aromatic rings. The van der Waals surface area contributed by atoms with E-state index < -0.39 is 5.97 Å². The van der Waals surface area contributed by atoms with Crippen LogP contribution in [-0.2, 0) is 19.1 Å². The Balaban J connectivity index is 4.31. The van der Waals surface area contributed by atoms with E-state index >= 15 is 0 Å². The fourth-order valence-corrected chi connectivity index (χ4v) is 5.78. The van der Waals surface area contributed by atoms with Crippen LogP contribution in [0.3, 0.4) is 0 Å². The van der Waals surface area contributed by atoms with Crippen LogP contribution in [-0.4, -0.2) is 35.6 Å². The van der Waals surface area contributed by atoms with Gasteiger partial charge in [-0.2, -0.15) is 0 Å². The molecule has 0 aliphatic carbocycles. The molecule has 0 aromatic heterocycles. The lowest BCUT2D eigenvalue weighted by molar-refractivity contribution is -0.150. The van der Waals surface area contributed by atoms with Gasteiger partial charge < -0.3 is 15.2 Å². The average Bonchev–Trinajstić information content (AvgIpc) is 3.13. The van der Waals surface area contributed by atoms with Crippen molar-refractivity contribution in [2.75, 3.05) is 6.54 Å². The number of amides is 1. The monoisotopic (exact) mass is 724 g/mol. The van der Waals surface area contributed by atoms with E-state index in [9.17, 15) is 14.4 Å². The summed E-state index contributed by atoms with van der Waals surface area (Å²) in [7, 11) is 0. The molecule has 6 heteroatoms. The minimum atomic E-state index is -1.02. The Morgan fingerprint density at radius 3 is 1.52 bits per heavy atom. The van der Waals surface area contributed by atoms with Crippen molar-refractivity contribution in [3.63, 3.8) is 0 Å². The van der Waals surface area contributed by atoms with Crippen molar-refractivity contribution in [2.24, 2.45) is 0 Å². The van der Waals surface area contributed by atoms with Crippen molar-refractivity contribution < 1.29 is 24.2 Å². The second-order valence-corrected chi connectivity index (χ2v) is 13.9. The van der Waals surface area contributed by atoms with Gasteiger partial charge >= 0.3 is 11.9 Å². The number of aliphatic carboxylic acids is 1. The Morgan fingerprint density at radius 1 is 0.519 bits per heavy atom. The zero-order chi connectivity index (χ0) is 38.0. The third kappa shape index (κ3) is 39.6. The van der Waals surface area contributed by atoms with Crippen molar-refractivity contribution in [3.8, 4) is 0 Å². The molecule has 296 valence electrons. The topological polar surface area (TPSA) is 92.7 Å². The number of hydrogen-bond acceptors (Lipinski definition) is 4. The number of carboxylic acids is 1. The fourth-order valence-electron chi connectivity index (χ4n) is 5.78. The van der Waals surface area contributed by atoms with Crippen molar-refractivity contribution >= 4 is 17.8 Å². The summed E-state index contributed by atoms with van der Waals surface area (Å²) < 4.78 is 5.99. The van der Waals surface area contributed by atoms with E-state index in [0.717, 1.165) is 122 Å². The molecule has 0 fully saturated rings. The molecule has 1 amide bonds. The number of hydrogen-bond donors (Lipinski definition) is 2. The Labute approximate surface area is 319 Å². The molecule has 0 aliphatic heterocycles. The van der Waals surface area contributed by atoms with Crippen molar-refractivity contribution in [2.45, 2.75) is 193 Å². The molecule has 0 aromatic carbocycles. The lowest BCUT2D eigenvalue weighted by atomic mass is 10.0. The molecule has 0 aliphatic rings. The smallest absolute Gasteiger partial charge is 0.322 e. The van der Waals surface area contributed by atoms with Gasteiger partial charge in [0.05, 0.1) is 0 Å². The van der Waals surface area contributed by atoms with Crippen LogP contribution in [0.2, 0.25) is 0 Å². The van der Waals surface area contributed by atoms with Gasteiger partial charge in [-0.3, -0.25) is 14.4 Å². The maximum absolute atomic E-state index is 12.7. The van der Waals surface area contributed by atoms with Gasteiger partial charge in [0.15, 0.2) is 0 Å². The van der Waals surface area contributed by atoms with E-state index in [1.807, 2.05) is 0 Å². The first kappa shape index (κ1) is 48.9. The van der Waals surface area contributed by atoms with Gasteiger partial charge in [-0.15, -0.1) is 0 Å². The molecule has 1 atom stereocenters. The Morgan fingerprint density at radius 2 is 0.962 bits per heavy atom. The lowest BCUT2D eigenvalue weighted by Crippen LogP contribution is -2.28. The summed E-state index contributed by atoms with van der Waals surface area (Å²) >= 11 is 0. The summed E-state index contributed by atoms with van der Waals surface area (Å²) in [6.07, 6.45) is 54.5. The summed E-state index contributed by atoms with van der Waals surface area (Å²) in [5.41, 5.74) is 0. The van der Waals surface area contributed by atoms with Gasteiger partial charge in [0, 0.05) is 12.8 Å². The number of allylic oxidation sites excluding steroid dienone is 12. The molecule has 2 N–H and O–H groups in total. The molecule has 52 heavy (non-hydrogen) atoms. The van der Waals surface area contributed by atoms with Crippen LogP contribution in [0.25, 0.3) is 0 Å². The largest absolute Gasteiger partial charge is 0.480 e. The van der Waals surface area contributed by atoms with Gasteiger partial charge in [0.2, 0.25) is 5.91 Å². The summed E-state index contributed by atoms with van der Waals surface area (Å²) in [6, 6.07) is 0. The summed E-state index contributed by atoms with van der Waals surface area (Å²) in [5, 5.41) is 11.1.